The van der Waals surface area contributed by atoms with Crippen LogP contribution in [0.4, 0.5) is 29.5 Å². The summed E-state index contributed by atoms with van der Waals surface area (Å²) in [5.41, 5.74) is 2.69. The second-order valence-electron chi connectivity index (χ2n) is 8.24. The topological polar surface area (TPSA) is 82.6 Å². The van der Waals surface area contributed by atoms with E-state index in [1.165, 1.54) is 4.90 Å². The van der Waals surface area contributed by atoms with E-state index in [1.807, 2.05) is 13.8 Å². The standard InChI is InChI=1S/C22H27F3N6O2/c1-3-26-21(32)27-16-6-4-15(5-7-16)19-28-18-11-30(13-22(23,24)25)10-17(18)20(29-19)31-8-9-33-12-14(31)2/h4-7,14H,3,8-13H2,1-2H3,(H2,26,27,32). The summed E-state index contributed by atoms with van der Waals surface area (Å²) in [5.74, 6) is 1.11. The van der Waals surface area contributed by atoms with Crippen molar-refractivity contribution < 1.29 is 22.7 Å². The monoisotopic (exact) mass is 464 g/mol. The summed E-state index contributed by atoms with van der Waals surface area (Å²) in [6.45, 7) is 5.31. The van der Waals surface area contributed by atoms with Gasteiger partial charge in [0.1, 0.15) is 5.82 Å². The van der Waals surface area contributed by atoms with Gasteiger partial charge in [-0.05, 0) is 38.1 Å². The number of carbonyl (C=O) groups is 1. The Hall–Kier alpha value is -2.92. The molecule has 2 aliphatic rings. The third-order valence-corrected chi connectivity index (χ3v) is 5.61. The molecule has 3 heterocycles. The van der Waals surface area contributed by atoms with Gasteiger partial charge >= 0.3 is 12.2 Å². The molecule has 2 aliphatic heterocycles. The number of rotatable bonds is 5. The molecule has 0 bridgehead atoms. The Morgan fingerprint density at radius 1 is 1.21 bits per heavy atom. The number of carbonyl (C=O) groups excluding carboxylic acids is 1. The number of urea groups is 1. The number of fused-ring (bicyclic) bond motifs is 1. The SMILES string of the molecule is CCNC(=O)Nc1ccc(-c2nc3c(c(N4CCOCC4C)n2)CN(CC(F)(F)F)C3)cc1. The minimum absolute atomic E-state index is 0.0471. The van der Waals surface area contributed by atoms with Gasteiger partial charge in [-0.1, -0.05) is 0 Å². The van der Waals surface area contributed by atoms with E-state index >= 15 is 0 Å². The van der Waals surface area contributed by atoms with Gasteiger partial charge in [-0.25, -0.2) is 14.8 Å². The minimum atomic E-state index is -4.28. The van der Waals surface area contributed by atoms with Gasteiger partial charge in [0.15, 0.2) is 5.82 Å². The molecule has 8 nitrogen and oxygen atoms in total. The molecule has 1 saturated heterocycles. The molecule has 4 rings (SSSR count). The molecule has 2 aromatic rings. The normalized spacial score (nSPS) is 18.8. The highest BCUT2D eigenvalue weighted by Gasteiger charge is 2.36. The largest absolute Gasteiger partial charge is 0.401 e. The predicted molar refractivity (Wildman–Crippen MR) is 118 cm³/mol. The Labute approximate surface area is 190 Å². The van der Waals surface area contributed by atoms with Crippen molar-refractivity contribution in [2.24, 2.45) is 0 Å². The van der Waals surface area contributed by atoms with Gasteiger partial charge in [-0.2, -0.15) is 13.2 Å². The Bertz CT molecular complexity index is 999. The lowest BCUT2D eigenvalue weighted by Crippen LogP contribution is -2.44. The smallest absolute Gasteiger partial charge is 0.377 e. The summed E-state index contributed by atoms with van der Waals surface area (Å²) in [7, 11) is 0. The predicted octanol–water partition coefficient (Wildman–Crippen LogP) is 3.39. The van der Waals surface area contributed by atoms with Crippen molar-refractivity contribution in [3.63, 3.8) is 0 Å². The quantitative estimate of drug-likeness (QED) is 0.706. The first kappa shape index (κ1) is 23.2. The zero-order chi connectivity index (χ0) is 23.6. The molecule has 0 radical (unpaired) electrons. The van der Waals surface area contributed by atoms with Crippen molar-refractivity contribution >= 4 is 17.5 Å². The van der Waals surface area contributed by atoms with E-state index in [0.717, 1.165) is 11.1 Å². The van der Waals surface area contributed by atoms with E-state index < -0.39 is 12.7 Å². The van der Waals surface area contributed by atoms with Gasteiger partial charge in [0, 0.05) is 43.0 Å². The lowest BCUT2D eigenvalue weighted by atomic mass is 10.1. The molecule has 178 valence electrons. The maximum atomic E-state index is 13.0. The molecule has 1 aromatic heterocycles. The van der Waals surface area contributed by atoms with Crippen molar-refractivity contribution in [3.05, 3.63) is 35.5 Å². The molecule has 1 fully saturated rings. The maximum Gasteiger partial charge on any atom is 0.401 e. The summed E-state index contributed by atoms with van der Waals surface area (Å²) in [6.07, 6.45) is -4.28. The first-order chi connectivity index (χ1) is 15.7. The van der Waals surface area contributed by atoms with E-state index in [9.17, 15) is 18.0 Å². The average molecular weight is 464 g/mol. The van der Waals surface area contributed by atoms with Crippen molar-refractivity contribution in [2.75, 3.05) is 43.1 Å². The Balaban J connectivity index is 1.65. The number of morpholine rings is 1. The van der Waals surface area contributed by atoms with Gasteiger partial charge in [-0.15, -0.1) is 0 Å². The van der Waals surface area contributed by atoms with Crippen molar-refractivity contribution in [3.8, 4) is 11.4 Å². The van der Waals surface area contributed by atoms with Gasteiger partial charge in [0.25, 0.3) is 0 Å². The molecular weight excluding hydrogens is 437 g/mol. The van der Waals surface area contributed by atoms with Gasteiger partial charge in [-0.3, -0.25) is 4.90 Å². The average Bonchev–Trinajstić information content (AvgIpc) is 3.15. The highest BCUT2D eigenvalue weighted by Crippen LogP contribution is 2.34. The number of hydrogen-bond donors (Lipinski definition) is 2. The van der Waals surface area contributed by atoms with Crippen LogP contribution in [-0.2, 0) is 17.8 Å². The Morgan fingerprint density at radius 3 is 2.64 bits per heavy atom. The van der Waals surface area contributed by atoms with Crippen LogP contribution in [0.1, 0.15) is 25.1 Å². The molecule has 0 spiro atoms. The van der Waals surface area contributed by atoms with E-state index in [1.54, 1.807) is 24.3 Å². The van der Waals surface area contributed by atoms with E-state index in [-0.39, 0.29) is 25.2 Å². The maximum absolute atomic E-state index is 13.0. The van der Waals surface area contributed by atoms with Crippen LogP contribution in [0.2, 0.25) is 0 Å². The second kappa shape index (κ2) is 9.52. The van der Waals surface area contributed by atoms with Crippen molar-refractivity contribution in [2.45, 2.75) is 39.2 Å². The van der Waals surface area contributed by atoms with Crippen LogP contribution in [0.5, 0.6) is 0 Å². The Kier molecular flexibility index (Phi) is 6.71. The summed E-state index contributed by atoms with van der Waals surface area (Å²) in [6, 6.07) is 6.82. The number of amides is 2. The number of benzene rings is 1. The molecule has 1 atom stereocenters. The van der Waals surface area contributed by atoms with Crippen LogP contribution in [-0.4, -0.2) is 66.0 Å². The van der Waals surface area contributed by atoms with Crippen LogP contribution in [0.25, 0.3) is 11.4 Å². The fourth-order valence-corrected chi connectivity index (χ4v) is 4.11. The lowest BCUT2D eigenvalue weighted by Gasteiger charge is -2.35. The Morgan fingerprint density at radius 2 is 1.97 bits per heavy atom. The fraction of sp³-hybridized carbons (Fsp3) is 0.500. The summed E-state index contributed by atoms with van der Waals surface area (Å²) < 4.78 is 44.6. The molecule has 1 aromatic carbocycles. The van der Waals surface area contributed by atoms with Gasteiger partial charge in [0.2, 0.25) is 0 Å². The van der Waals surface area contributed by atoms with Crippen LogP contribution in [0.15, 0.2) is 24.3 Å². The number of halogens is 3. The molecule has 0 aliphatic carbocycles. The van der Waals surface area contributed by atoms with Crippen LogP contribution < -0.4 is 15.5 Å². The third kappa shape index (κ3) is 5.53. The minimum Gasteiger partial charge on any atom is -0.377 e. The van der Waals surface area contributed by atoms with Crippen molar-refractivity contribution in [1.29, 1.82) is 0 Å². The lowest BCUT2D eigenvalue weighted by molar-refractivity contribution is -0.147. The fourth-order valence-electron chi connectivity index (χ4n) is 4.11. The molecular formula is C22H27F3N6O2. The second-order valence-corrected chi connectivity index (χ2v) is 8.24. The number of nitrogens with zero attached hydrogens (tertiary/aromatic N) is 4. The van der Waals surface area contributed by atoms with Gasteiger partial charge < -0.3 is 20.3 Å². The zero-order valence-corrected chi connectivity index (χ0v) is 18.6. The summed E-state index contributed by atoms with van der Waals surface area (Å²) in [5, 5.41) is 5.39. The number of aromatic nitrogens is 2. The van der Waals surface area contributed by atoms with Crippen LogP contribution in [0, 0.1) is 0 Å². The highest BCUT2D eigenvalue weighted by atomic mass is 19.4. The number of anilines is 2. The van der Waals surface area contributed by atoms with Gasteiger partial charge in [0.05, 0.1) is 31.5 Å². The molecule has 2 N–H and O–H groups in total. The van der Waals surface area contributed by atoms with Crippen LogP contribution >= 0.6 is 0 Å². The summed E-state index contributed by atoms with van der Waals surface area (Å²) in [4.78, 5) is 24.6. The highest BCUT2D eigenvalue weighted by molar-refractivity contribution is 5.89. The van der Waals surface area contributed by atoms with E-state index in [2.05, 4.69) is 20.5 Å². The number of ether oxygens (including phenoxy) is 1. The molecule has 11 heteroatoms. The molecule has 2 amide bonds. The molecule has 1 unspecified atom stereocenters. The van der Waals surface area contributed by atoms with Crippen molar-refractivity contribution in [1.82, 2.24) is 20.2 Å². The molecule has 33 heavy (non-hydrogen) atoms. The number of alkyl halides is 3. The zero-order valence-electron chi connectivity index (χ0n) is 18.6. The van der Waals surface area contributed by atoms with E-state index in [4.69, 9.17) is 9.72 Å². The van der Waals surface area contributed by atoms with Crippen LogP contribution in [0.3, 0.4) is 0 Å². The molecule has 0 saturated carbocycles. The first-order valence-corrected chi connectivity index (χ1v) is 10.9. The number of nitrogens with one attached hydrogen (secondary N) is 2. The van der Waals surface area contributed by atoms with E-state index in [0.29, 0.717) is 49.3 Å². The first-order valence-electron chi connectivity index (χ1n) is 10.9. The number of hydrogen-bond acceptors (Lipinski definition) is 6. The summed E-state index contributed by atoms with van der Waals surface area (Å²) >= 11 is 0. The third-order valence-electron chi connectivity index (χ3n) is 5.61.